The molecule has 0 aliphatic heterocycles. The molecule has 0 saturated carbocycles. The van der Waals surface area contributed by atoms with Crippen LogP contribution in [0.5, 0.6) is 0 Å². The monoisotopic (exact) mass is 351 g/mol. The highest BCUT2D eigenvalue weighted by Crippen LogP contribution is 2.37. The van der Waals surface area contributed by atoms with Gasteiger partial charge in [-0.15, -0.1) is 10.2 Å². The molecule has 0 bridgehead atoms. The van der Waals surface area contributed by atoms with Crippen LogP contribution >= 0.6 is 0 Å². The summed E-state index contributed by atoms with van der Waals surface area (Å²) in [5.41, 5.74) is -2.08. The Hall–Kier alpha value is -3.28. The van der Waals surface area contributed by atoms with Gasteiger partial charge in [-0.1, -0.05) is 6.07 Å². The van der Waals surface area contributed by atoms with Crippen molar-refractivity contribution in [1.29, 1.82) is 5.26 Å². The number of hydrogen-bond acceptors (Lipinski definition) is 4. The largest absolute Gasteiger partial charge is 0.422 e. The molecular weight excluding hydrogens is 345 g/mol. The van der Waals surface area contributed by atoms with E-state index < -0.39 is 34.8 Å². The first kappa shape index (κ1) is 16.6. The molecule has 3 rings (SSSR count). The number of benzene rings is 2. The third kappa shape index (κ3) is 3.06. The standard InChI is InChI=1S/C16H6F5N3O/c17-11-5-4-10(13(18)12(11)16(19,20)21)15-24-23-14(25-15)9-3-1-2-8(6-9)7-22/h1-6H. The molecular formula is C16H6F5N3O. The number of alkyl halides is 3. The lowest BCUT2D eigenvalue weighted by Crippen LogP contribution is -2.12. The second-order valence-electron chi connectivity index (χ2n) is 4.89. The number of hydrogen-bond donors (Lipinski definition) is 0. The van der Waals surface area contributed by atoms with Crippen molar-refractivity contribution in [2.24, 2.45) is 0 Å². The van der Waals surface area contributed by atoms with E-state index in [1.807, 2.05) is 6.07 Å². The SMILES string of the molecule is N#Cc1cccc(-c2nnc(-c3ccc(F)c(C(F)(F)F)c3F)o2)c1. The molecule has 0 spiro atoms. The molecule has 3 aromatic rings. The van der Waals surface area contributed by atoms with Gasteiger partial charge in [0.25, 0.3) is 5.89 Å². The van der Waals surface area contributed by atoms with Gasteiger partial charge in [-0.3, -0.25) is 0 Å². The Morgan fingerprint density at radius 2 is 1.72 bits per heavy atom. The van der Waals surface area contributed by atoms with Gasteiger partial charge in [-0.25, -0.2) is 8.78 Å². The van der Waals surface area contributed by atoms with Gasteiger partial charge in [0.2, 0.25) is 5.89 Å². The Morgan fingerprint density at radius 3 is 2.40 bits per heavy atom. The summed E-state index contributed by atoms with van der Waals surface area (Å²) in [7, 11) is 0. The van der Waals surface area contributed by atoms with Crippen LogP contribution in [0.3, 0.4) is 0 Å². The number of aromatic nitrogens is 2. The maximum absolute atomic E-state index is 14.1. The van der Waals surface area contributed by atoms with E-state index in [4.69, 9.17) is 9.68 Å². The van der Waals surface area contributed by atoms with Crippen LogP contribution in [0.2, 0.25) is 0 Å². The second-order valence-corrected chi connectivity index (χ2v) is 4.89. The molecule has 126 valence electrons. The van der Waals surface area contributed by atoms with Crippen LogP contribution in [-0.2, 0) is 6.18 Å². The van der Waals surface area contributed by atoms with Gasteiger partial charge in [-0.2, -0.15) is 18.4 Å². The first-order chi connectivity index (χ1) is 11.8. The Labute approximate surface area is 137 Å². The van der Waals surface area contributed by atoms with Gasteiger partial charge in [-0.05, 0) is 30.3 Å². The summed E-state index contributed by atoms with van der Waals surface area (Å²) < 4.78 is 71.0. The van der Waals surface area contributed by atoms with Crippen molar-refractivity contribution in [3.05, 3.63) is 59.2 Å². The molecule has 4 nitrogen and oxygen atoms in total. The third-order valence-electron chi connectivity index (χ3n) is 3.27. The van der Waals surface area contributed by atoms with Crippen LogP contribution in [0.15, 0.2) is 40.8 Å². The summed E-state index contributed by atoms with van der Waals surface area (Å²) in [5.74, 6) is -4.24. The van der Waals surface area contributed by atoms with Crippen molar-refractivity contribution in [3.63, 3.8) is 0 Å². The lowest BCUT2D eigenvalue weighted by molar-refractivity contribution is -0.142. The molecule has 0 radical (unpaired) electrons. The fourth-order valence-corrected chi connectivity index (χ4v) is 2.15. The van der Waals surface area contributed by atoms with E-state index in [-0.39, 0.29) is 5.89 Å². The van der Waals surface area contributed by atoms with E-state index >= 15 is 0 Å². The fraction of sp³-hybridized carbons (Fsp3) is 0.0625. The zero-order valence-corrected chi connectivity index (χ0v) is 12.1. The summed E-state index contributed by atoms with van der Waals surface area (Å²) in [4.78, 5) is 0. The molecule has 1 aromatic heterocycles. The van der Waals surface area contributed by atoms with E-state index in [0.717, 1.165) is 6.07 Å². The van der Waals surface area contributed by atoms with Crippen molar-refractivity contribution in [1.82, 2.24) is 10.2 Å². The maximum Gasteiger partial charge on any atom is 0.422 e. The quantitative estimate of drug-likeness (QED) is 0.635. The van der Waals surface area contributed by atoms with Crippen molar-refractivity contribution in [2.45, 2.75) is 6.18 Å². The highest BCUT2D eigenvalue weighted by molar-refractivity contribution is 5.60. The van der Waals surface area contributed by atoms with Gasteiger partial charge in [0.1, 0.15) is 11.4 Å². The Balaban J connectivity index is 2.08. The van der Waals surface area contributed by atoms with Crippen LogP contribution in [0.25, 0.3) is 22.9 Å². The maximum atomic E-state index is 14.1. The average Bonchev–Trinajstić information content (AvgIpc) is 3.03. The molecule has 9 heteroatoms. The van der Waals surface area contributed by atoms with Gasteiger partial charge >= 0.3 is 6.18 Å². The Kier molecular flexibility index (Phi) is 3.96. The van der Waals surface area contributed by atoms with Crippen LogP contribution in [-0.4, -0.2) is 10.2 Å². The number of halogens is 5. The summed E-state index contributed by atoms with van der Waals surface area (Å²) in [6.07, 6.45) is -5.21. The minimum Gasteiger partial charge on any atom is -0.416 e. The first-order valence-corrected chi connectivity index (χ1v) is 6.71. The molecule has 0 aliphatic carbocycles. The van der Waals surface area contributed by atoms with Crippen LogP contribution < -0.4 is 0 Å². The summed E-state index contributed by atoms with van der Waals surface area (Å²) >= 11 is 0. The van der Waals surface area contributed by atoms with Crippen molar-refractivity contribution in [3.8, 4) is 29.0 Å². The lowest BCUT2D eigenvalue weighted by atomic mass is 10.1. The zero-order chi connectivity index (χ0) is 18.2. The molecule has 0 amide bonds. The van der Waals surface area contributed by atoms with Gasteiger partial charge in [0.05, 0.1) is 17.2 Å². The Bertz CT molecular complexity index is 988. The zero-order valence-electron chi connectivity index (χ0n) is 12.1. The topological polar surface area (TPSA) is 62.7 Å². The number of nitriles is 1. The average molecular weight is 351 g/mol. The normalized spacial score (nSPS) is 11.4. The van der Waals surface area contributed by atoms with Crippen molar-refractivity contribution in [2.75, 3.05) is 0 Å². The minimum atomic E-state index is -5.21. The van der Waals surface area contributed by atoms with Gasteiger partial charge < -0.3 is 4.42 Å². The van der Waals surface area contributed by atoms with Gasteiger partial charge in [0.15, 0.2) is 5.82 Å². The van der Waals surface area contributed by atoms with E-state index in [2.05, 4.69) is 10.2 Å². The third-order valence-corrected chi connectivity index (χ3v) is 3.27. The molecule has 1 heterocycles. The molecule has 2 aromatic carbocycles. The smallest absolute Gasteiger partial charge is 0.416 e. The summed E-state index contributed by atoms with van der Waals surface area (Å²) in [5, 5.41) is 16.0. The molecule has 0 atom stereocenters. The molecule has 25 heavy (non-hydrogen) atoms. The van der Waals surface area contributed by atoms with E-state index in [9.17, 15) is 22.0 Å². The Morgan fingerprint density at radius 1 is 1.00 bits per heavy atom. The highest BCUT2D eigenvalue weighted by Gasteiger charge is 2.39. The van der Waals surface area contributed by atoms with Gasteiger partial charge in [0, 0.05) is 5.56 Å². The first-order valence-electron chi connectivity index (χ1n) is 6.71. The predicted molar refractivity (Wildman–Crippen MR) is 74.8 cm³/mol. The van der Waals surface area contributed by atoms with E-state index in [1.54, 1.807) is 0 Å². The van der Waals surface area contributed by atoms with E-state index in [0.29, 0.717) is 17.2 Å². The number of nitrogens with zero attached hydrogens (tertiary/aromatic N) is 3. The van der Waals surface area contributed by atoms with Crippen LogP contribution in [0.1, 0.15) is 11.1 Å². The van der Waals surface area contributed by atoms with Crippen LogP contribution in [0, 0.1) is 23.0 Å². The number of rotatable bonds is 2. The summed E-state index contributed by atoms with van der Waals surface area (Å²) in [6.45, 7) is 0. The molecule has 0 aliphatic rings. The highest BCUT2D eigenvalue weighted by atomic mass is 19.4. The molecule has 0 N–H and O–H groups in total. The predicted octanol–water partition coefficient (Wildman–Crippen LogP) is 4.57. The summed E-state index contributed by atoms with van der Waals surface area (Å²) in [6, 6.07) is 9.16. The second kappa shape index (κ2) is 5.98. The van der Waals surface area contributed by atoms with Crippen molar-refractivity contribution < 1.29 is 26.4 Å². The minimum absolute atomic E-state index is 0.121. The van der Waals surface area contributed by atoms with Crippen LogP contribution in [0.4, 0.5) is 22.0 Å². The molecule has 0 fully saturated rings. The fourth-order valence-electron chi connectivity index (χ4n) is 2.15. The lowest BCUT2D eigenvalue weighted by Gasteiger charge is -2.10. The van der Waals surface area contributed by atoms with Crippen molar-refractivity contribution >= 4 is 0 Å². The molecule has 0 unspecified atom stereocenters. The molecule has 0 saturated heterocycles. The van der Waals surface area contributed by atoms with E-state index in [1.165, 1.54) is 24.3 Å².